The van der Waals surface area contributed by atoms with Crippen molar-refractivity contribution in [2.75, 3.05) is 0 Å². The highest BCUT2D eigenvalue weighted by atomic mass is 16.5. The van der Waals surface area contributed by atoms with E-state index in [1.54, 1.807) is 0 Å². The number of ether oxygens (including phenoxy) is 1. The number of rotatable bonds is 9. The number of alkyl carbamates (subject to hydrolysis) is 1. The number of hydrogen-bond donors (Lipinski definition) is 2. The number of carbonyl (C=O) groups is 3. The van der Waals surface area contributed by atoms with E-state index in [1.165, 1.54) is 6.92 Å². The van der Waals surface area contributed by atoms with Gasteiger partial charge in [0.15, 0.2) is 0 Å². The lowest BCUT2D eigenvalue weighted by Crippen LogP contribution is -2.51. The summed E-state index contributed by atoms with van der Waals surface area (Å²) in [4.78, 5) is 37.2. The molecule has 178 valence electrons. The van der Waals surface area contributed by atoms with Gasteiger partial charge in [-0.15, -0.1) is 0 Å². The highest BCUT2D eigenvalue weighted by Gasteiger charge is 2.24. The number of hydrogen-bond acceptors (Lipinski definition) is 4. The summed E-state index contributed by atoms with van der Waals surface area (Å²) in [6, 6.07) is 26.7. The third-order valence-electron chi connectivity index (χ3n) is 5.13. The Kier molecular flexibility index (Phi) is 9.64. The molecule has 0 aromatic heterocycles. The molecule has 0 heterocycles. The fourth-order valence-corrected chi connectivity index (χ4v) is 3.42. The molecule has 0 fully saturated rings. The van der Waals surface area contributed by atoms with Crippen molar-refractivity contribution in [3.05, 3.63) is 108 Å². The van der Waals surface area contributed by atoms with Crippen molar-refractivity contribution in [3.63, 3.8) is 0 Å². The van der Waals surface area contributed by atoms with Crippen molar-refractivity contribution in [2.45, 2.75) is 38.5 Å². The summed E-state index contributed by atoms with van der Waals surface area (Å²) in [5, 5.41) is 5.57. The van der Waals surface area contributed by atoms with Gasteiger partial charge in [-0.05, 0) is 22.6 Å². The van der Waals surface area contributed by atoms with Crippen molar-refractivity contribution in [1.29, 1.82) is 0 Å². The second-order valence-corrected chi connectivity index (χ2v) is 8.02. The fourth-order valence-electron chi connectivity index (χ4n) is 3.42. The van der Waals surface area contributed by atoms with Gasteiger partial charge < -0.3 is 15.4 Å². The first-order valence-corrected chi connectivity index (χ1v) is 11.4. The molecule has 0 bridgehead atoms. The van der Waals surface area contributed by atoms with E-state index >= 15 is 0 Å². The maximum absolute atomic E-state index is 13.3. The second-order valence-electron chi connectivity index (χ2n) is 8.02. The monoisotopic (exact) mass is 468 g/mol. The van der Waals surface area contributed by atoms with Crippen LogP contribution in [0.4, 0.5) is 4.79 Å². The zero-order chi connectivity index (χ0) is 24.9. The van der Waals surface area contributed by atoms with Crippen LogP contribution in [0.25, 0.3) is 0 Å². The zero-order valence-corrected chi connectivity index (χ0v) is 19.6. The van der Waals surface area contributed by atoms with Crippen molar-refractivity contribution in [2.24, 2.45) is 0 Å². The van der Waals surface area contributed by atoms with Crippen molar-refractivity contribution in [3.8, 4) is 11.8 Å². The first kappa shape index (κ1) is 25.3. The van der Waals surface area contributed by atoms with Gasteiger partial charge in [-0.25, -0.2) is 4.79 Å². The molecule has 3 aromatic carbocycles. The van der Waals surface area contributed by atoms with Gasteiger partial charge in [0.05, 0.1) is 6.04 Å². The molecule has 3 rings (SSSR count). The molecule has 0 aliphatic carbocycles. The normalized spacial score (nSPS) is 11.8. The van der Waals surface area contributed by atoms with Crippen LogP contribution in [0.5, 0.6) is 0 Å². The summed E-state index contributed by atoms with van der Waals surface area (Å²) in [5.41, 5.74) is 2.69. The molecular formula is C29H28N2O4. The van der Waals surface area contributed by atoms with Gasteiger partial charge in [-0.2, -0.15) is 0 Å². The summed E-state index contributed by atoms with van der Waals surface area (Å²) < 4.78 is 5.32. The van der Waals surface area contributed by atoms with Crippen LogP contribution >= 0.6 is 0 Å². The SMILES string of the molecule is CC(=O)C#C[C@H](Cc1ccccc1)NC(=O)[C@H](Cc1ccccc1)NC(=O)OCc1ccccc1. The average molecular weight is 469 g/mol. The quantitative estimate of drug-likeness (QED) is 0.369. The van der Waals surface area contributed by atoms with Gasteiger partial charge >= 0.3 is 6.09 Å². The Bertz CT molecular complexity index is 1170. The van der Waals surface area contributed by atoms with E-state index in [2.05, 4.69) is 22.5 Å². The first-order valence-electron chi connectivity index (χ1n) is 11.4. The van der Waals surface area contributed by atoms with Crippen molar-refractivity contribution >= 4 is 17.8 Å². The fraction of sp³-hybridized carbons (Fsp3) is 0.207. The molecule has 2 amide bonds. The van der Waals surface area contributed by atoms with Crippen LogP contribution < -0.4 is 10.6 Å². The average Bonchev–Trinajstić information content (AvgIpc) is 2.87. The van der Waals surface area contributed by atoms with Gasteiger partial charge in [0.25, 0.3) is 0 Å². The molecule has 0 radical (unpaired) electrons. The minimum Gasteiger partial charge on any atom is -0.445 e. The molecular weight excluding hydrogens is 440 g/mol. The van der Waals surface area contributed by atoms with Gasteiger partial charge in [0, 0.05) is 19.8 Å². The van der Waals surface area contributed by atoms with Crippen LogP contribution in [0, 0.1) is 11.8 Å². The predicted octanol–water partition coefficient (Wildman–Crippen LogP) is 3.84. The number of Topliss-reactive ketones (excluding diaryl/α,β-unsaturated/α-hetero) is 1. The summed E-state index contributed by atoms with van der Waals surface area (Å²) in [6.45, 7) is 1.46. The van der Waals surface area contributed by atoms with Crippen LogP contribution in [0.3, 0.4) is 0 Å². The number of nitrogens with one attached hydrogen (secondary N) is 2. The molecule has 2 atom stereocenters. The van der Waals surface area contributed by atoms with Gasteiger partial charge in [0.2, 0.25) is 11.7 Å². The number of amides is 2. The number of ketones is 1. The Morgan fingerprint density at radius 2 is 1.26 bits per heavy atom. The smallest absolute Gasteiger partial charge is 0.408 e. The van der Waals surface area contributed by atoms with Crippen molar-refractivity contribution < 1.29 is 19.1 Å². The minimum atomic E-state index is -0.891. The van der Waals surface area contributed by atoms with Crippen LogP contribution in [0.15, 0.2) is 91.0 Å². The maximum Gasteiger partial charge on any atom is 0.408 e. The zero-order valence-electron chi connectivity index (χ0n) is 19.6. The standard InChI is InChI=1S/C29H28N2O4/c1-22(32)17-18-26(19-23-11-5-2-6-12-23)30-28(33)27(20-24-13-7-3-8-14-24)31-29(34)35-21-25-15-9-4-10-16-25/h2-16,26-27H,19-21H2,1H3,(H,30,33)(H,31,34)/t26-,27+/m1/s1. The second kappa shape index (κ2) is 13.4. The Hall–Kier alpha value is -4.37. The highest BCUT2D eigenvalue weighted by molar-refractivity contribution is 5.93. The Morgan fingerprint density at radius 1 is 0.743 bits per heavy atom. The maximum atomic E-state index is 13.3. The first-order chi connectivity index (χ1) is 17.0. The van der Waals surface area contributed by atoms with E-state index in [9.17, 15) is 14.4 Å². The third kappa shape index (κ3) is 9.18. The molecule has 3 aromatic rings. The van der Waals surface area contributed by atoms with Gasteiger partial charge in [-0.1, -0.05) is 96.9 Å². The lowest BCUT2D eigenvalue weighted by molar-refractivity contribution is -0.123. The summed E-state index contributed by atoms with van der Waals surface area (Å²) in [7, 11) is 0. The van der Waals surface area contributed by atoms with Crippen LogP contribution in [0.2, 0.25) is 0 Å². The van der Waals surface area contributed by atoms with Crippen molar-refractivity contribution in [1.82, 2.24) is 10.6 Å². The minimum absolute atomic E-state index is 0.0903. The lowest BCUT2D eigenvalue weighted by Gasteiger charge is -2.21. The molecule has 0 aliphatic heterocycles. The highest BCUT2D eigenvalue weighted by Crippen LogP contribution is 2.07. The number of benzene rings is 3. The Morgan fingerprint density at radius 3 is 1.80 bits per heavy atom. The van der Waals surface area contributed by atoms with E-state index in [0.717, 1.165) is 16.7 Å². The molecule has 0 spiro atoms. The molecule has 0 saturated carbocycles. The predicted molar refractivity (Wildman–Crippen MR) is 134 cm³/mol. The summed E-state index contributed by atoms with van der Waals surface area (Å²) in [5.74, 6) is 4.66. The van der Waals surface area contributed by atoms with E-state index < -0.39 is 24.1 Å². The molecule has 35 heavy (non-hydrogen) atoms. The van der Waals surface area contributed by atoms with Gasteiger partial charge in [0.1, 0.15) is 12.6 Å². The molecule has 0 aliphatic rings. The van der Waals surface area contributed by atoms with Gasteiger partial charge in [-0.3, -0.25) is 9.59 Å². The molecule has 2 N–H and O–H groups in total. The largest absolute Gasteiger partial charge is 0.445 e. The van der Waals surface area contributed by atoms with E-state index in [4.69, 9.17) is 4.74 Å². The lowest BCUT2D eigenvalue weighted by atomic mass is 10.0. The molecule has 6 nitrogen and oxygen atoms in total. The third-order valence-corrected chi connectivity index (χ3v) is 5.13. The Balaban J connectivity index is 1.72. The topological polar surface area (TPSA) is 84.5 Å². The molecule has 0 unspecified atom stereocenters. The van der Waals surface area contributed by atoms with E-state index in [0.29, 0.717) is 6.42 Å². The van der Waals surface area contributed by atoms with Crippen LogP contribution in [-0.4, -0.2) is 29.9 Å². The van der Waals surface area contributed by atoms with E-state index in [-0.39, 0.29) is 18.8 Å². The summed E-state index contributed by atoms with van der Waals surface area (Å²) in [6.07, 6.45) is -0.00587. The van der Waals surface area contributed by atoms with Crippen LogP contribution in [-0.2, 0) is 33.8 Å². The van der Waals surface area contributed by atoms with E-state index in [1.807, 2.05) is 91.0 Å². The molecule has 0 saturated heterocycles. The summed E-state index contributed by atoms with van der Waals surface area (Å²) >= 11 is 0. The molecule has 6 heteroatoms. The van der Waals surface area contributed by atoms with Crippen LogP contribution in [0.1, 0.15) is 23.6 Å². The number of carbonyl (C=O) groups excluding carboxylic acids is 3. The Labute approximate surface area is 205 Å².